The third-order valence-electron chi connectivity index (χ3n) is 6.82. The smallest absolute Gasteiger partial charge is 0.247 e. The maximum Gasteiger partial charge on any atom is 0.247 e. The Morgan fingerprint density at radius 1 is 1.07 bits per heavy atom. The second-order valence-corrected chi connectivity index (χ2v) is 8.09. The van der Waals surface area contributed by atoms with Crippen molar-refractivity contribution in [1.82, 2.24) is 4.90 Å². The Hall–Kier alpha value is -2.63. The highest BCUT2D eigenvalue weighted by Crippen LogP contribution is 2.65. The topological polar surface area (TPSA) is 75.7 Å². The molecule has 1 heterocycles. The number of likely N-dealkylation sites (tertiary alicyclic amines) is 1. The van der Waals surface area contributed by atoms with Gasteiger partial charge in [0.1, 0.15) is 11.8 Å². The molecular formula is C21H22N2O4. The lowest BCUT2D eigenvalue weighted by atomic mass is 9.63. The zero-order valence-electron chi connectivity index (χ0n) is 15.3. The maximum absolute atomic E-state index is 13.1. The SMILES string of the molecule is COc1ccc(NC(=O)[C@H](C)N2C(=O)[C@H]3[C@@H]4C=C[C@H]([C@H]5C[C@H]45)[C@@H]3C2=O)cc1. The van der Waals surface area contributed by atoms with E-state index < -0.39 is 6.04 Å². The van der Waals surface area contributed by atoms with Crippen LogP contribution in [-0.4, -0.2) is 35.8 Å². The van der Waals surface area contributed by atoms with Crippen LogP contribution in [0.4, 0.5) is 5.69 Å². The fourth-order valence-corrected chi connectivity index (χ4v) is 5.40. The minimum absolute atomic E-state index is 0.170. The summed E-state index contributed by atoms with van der Waals surface area (Å²) in [6.45, 7) is 1.63. The van der Waals surface area contributed by atoms with Crippen LogP contribution in [0.15, 0.2) is 36.4 Å². The van der Waals surface area contributed by atoms with Crippen LogP contribution in [0.1, 0.15) is 13.3 Å². The fourth-order valence-electron chi connectivity index (χ4n) is 5.40. The predicted octanol–water partition coefficient (Wildman–Crippen LogP) is 2.08. The van der Waals surface area contributed by atoms with Crippen LogP contribution in [0, 0.1) is 35.5 Å². The van der Waals surface area contributed by atoms with Gasteiger partial charge in [-0.3, -0.25) is 19.3 Å². The molecule has 0 unspecified atom stereocenters. The van der Waals surface area contributed by atoms with Gasteiger partial charge in [-0.15, -0.1) is 0 Å². The van der Waals surface area contributed by atoms with E-state index in [1.165, 1.54) is 4.90 Å². The molecule has 0 spiro atoms. The minimum Gasteiger partial charge on any atom is -0.497 e. The third-order valence-corrected chi connectivity index (χ3v) is 6.82. The van der Waals surface area contributed by atoms with Gasteiger partial charge < -0.3 is 10.1 Å². The summed E-state index contributed by atoms with van der Waals surface area (Å²) in [5, 5.41) is 2.79. The molecule has 6 heteroatoms. The second kappa shape index (κ2) is 5.68. The molecule has 2 bridgehead atoms. The number of carbonyl (C=O) groups is 3. The van der Waals surface area contributed by atoms with Gasteiger partial charge in [0.15, 0.2) is 0 Å². The minimum atomic E-state index is -0.826. The molecule has 140 valence electrons. The van der Waals surface area contributed by atoms with E-state index in [9.17, 15) is 14.4 Å². The molecule has 2 saturated carbocycles. The van der Waals surface area contributed by atoms with Gasteiger partial charge >= 0.3 is 0 Å². The number of benzene rings is 1. The first-order valence-electron chi connectivity index (χ1n) is 9.51. The molecule has 1 N–H and O–H groups in total. The normalized spacial score (nSPS) is 36.3. The van der Waals surface area contributed by atoms with Crippen LogP contribution >= 0.6 is 0 Å². The van der Waals surface area contributed by atoms with E-state index in [-0.39, 0.29) is 41.4 Å². The average Bonchev–Trinajstić information content (AvgIpc) is 3.46. The molecular weight excluding hydrogens is 344 g/mol. The number of ether oxygens (including phenoxy) is 1. The zero-order chi connectivity index (χ0) is 18.9. The molecule has 7 atom stereocenters. The van der Waals surface area contributed by atoms with E-state index in [4.69, 9.17) is 4.74 Å². The number of allylic oxidation sites excluding steroid dienone is 2. The van der Waals surface area contributed by atoms with E-state index in [2.05, 4.69) is 17.5 Å². The van der Waals surface area contributed by atoms with Crippen LogP contribution in [0.25, 0.3) is 0 Å². The number of anilines is 1. The van der Waals surface area contributed by atoms with Gasteiger partial charge in [0, 0.05) is 5.69 Å². The molecule has 0 radical (unpaired) electrons. The van der Waals surface area contributed by atoms with E-state index >= 15 is 0 Å². The molecule has 6 nitrogen and oxygen atoms in total. The summed E-state index contributed by atoms with van der Waals surface area (Å²) in [4.78, 5) is 40.0. The van der Waals surface area contributed by atoms with Gasteiger partial charge in [-0.05, 0) is 61.3 Å². The summed E-state index contributed by atoms with van der Waals surface area (Å²) < 4.78 is 5.11. The van der Waals surface area contributed by atoms with Crippen molar-refractivity contribution >= 4 is 23.4 Å². The van der Waals surface area contributed by atoms with Gasteiger partial charge in [-0.1, -0.05) is 12.2 Å². The summed E-state index contributed by atoms with van der Waals surface area (Å²) in [5.74, 6) is 0.899. The zero-order valence-corrected chi connectivity index (χ0v) is 15.3. The standard InChI is InChI=1S/C21H22N2O4/c1-10(19(24)22-11-3-5-12(27-2)6-4-11)23-20(25)17-13-7-8-14(16-9-15(13)16)18(17)21(23)26/h3-8,10,13-18H,9H2,1-2H3,(H,22,24)/t10-,13+,14+,15+,16+,17-,18-/m0/s1. The van der Waals surface area contributed by atoms with E-state index in [0.717, 1.165) is 6.42 Å². The molecule has 1 aliphatic heterocycles. The first-order chi connectivity index (χ1) is 13.0. The summed E-state index contributed by atoms with van der Waals surface area (Å²) in [5.41, 5.74) is 0.604. The van der Waals surface area contributed by atoms with Gasteiger partial charge in [0.05, 0.1) is 18.9 Å². The molecule has 6 rings (SSSR count). The quantitative estimate of drug-likeness (QED) is 0.654. The highest BCUT2D eigenvalue weighted by Gasteiger charge is 2.67. The number of nitrogens with one attached hydrogen (secondary N) is 1. The summed E-state index contributed by atoms with van der Waals surface area (Å²) in [6.07, 6.45) is 5.40. The van der Waals surface area contributed by atoms with Gasteiger partial charge in [0.2, 0.25) is 17.7 Å². The number of carbonyl (C=O) groups excluding carboxylic acids is 3. The Kier molecular flexibility index (Phi) is 3.48. The van der Waals surface area contributed by atoms with E-state index in [1.807, 2.05) is 0 Å². The van der Waals surface area contributed by atoms with Gasteiger partial charge in [0.25, 0.3) is 0 Å². The third kappa shape index (κ3) is 2.28. The summed E-state index contributed by atoms with van der Waals surface area (Å²) in [7, 11) is 1.58. The Morgan fingerprint density at radius 2 is 1.63 bits per heavy atom. The van der Waals surface area contributed by atoms with Gasteiger partial charge in [-0.25, -0.2) is 0 Å². The second-order valence-electron chi connectivity index (χ2n) is 8.09. The number of hydrogen-bond acceptors (Lipinski definition) is 4. The fraction of sp³-hybridized carbons (Fsp3) is 0.476. The van der Waals surface area contributed by atoms with Crippen LogP contribution < -0.4 is 10.1 Å². The Labute approximate surface area is 157 Å². The predicted molar refractivity (Wildman–Crippen MR) is 97.6 cm³/mol. The molecule has 1 aromatic carbocycles. The monoisotopic (exact) mass is 366 g/mol. The molecule has 27 heavy (non-hydrogen) atoms. The van der Waals surface area contributed by atoms with Crippen LogP contribution in [0.5, 0.6) is 5.75 Å². The Bertz CT molecular complexity index is 825. The Balaban J connectivity index is 1.34. The van der Waals surface area contributed by atoms with Gasteiger partial charge in [-0.2, -0.15) is 0 Å². The van der Waals surface area contributed by atoms with Crippen LogP contribution in [0.3, 0.4) is 0 Å². The van der Waals surface area contributed by atoms with Crippen molar-refractivity contribution < 1.29 is 19.1 Å². The largest absolute Gasteiger partial charge is 0.497 e. The lowest BCUT2D eigenvalue weighted by molar-refractivity contribution is -0.146. The maximum atomic E-state index is 13.1. The van der Waals surface area contributed by atoms with Crippen molar-refractivity contribution in [3.8, 4) is 5.75 Å². The number of hydrogen-bond donors (Lipinski definition) is 1. The molecule has 1 saturated heterocycles. The number of amides is 3. The number of nitrogens with zero attached hydrogens (tertiary/aromatic N) is 1. The highest BCUT2D eigenvalue weighted by molar-refractivity contribution is 6.10. The molecule has 3 amide bonds. The first-order valence-corrected chi connectivity index (χ1v) is 9.51. The van der Waals surface area contributed by atoms with Crippen molar-refractivity contribution in [3.05, 3.63) is 36.4 Å². The molecule has 3 fully saturated rings. The van der Waals surface area contributed by atoms with Crippen LogP contribution in [0.2, 0.25) is 0 Å². The molecule has 4 aliphatic carbocycles. The number of rotatable bonds is 4. The first kappa shape index (κ1) is 16.5. The lowest BCUT2D eigenvalue weighted by Crippen LogP contribution is -2.46. The van der Waals surface area contributed by atoms with E-state index in [1.54, 1.807) is 38.3 Å². The Morgan fingerprint density at radius 3 is 2.15 bits per heavy atom. The van der Waals surface area contributed by atoms with Crippen molar-refractivity contribution in [1.29, 1.82) is 0 Å². The molecule has 5 aliphatic rings. The van der Waals surface area contributed by atoms with Crippen LogP contribution in [-0.2, 0) is 14.4 Å². The average molecular weight is 366 g/mol. The highest BCUT2D eigenvalue weighted by atomic mass is 16.5. The summed E-state index contributed by atoms with van der Waals surface area (Å²) in [6, 6.07) is 6.13. The summed E-state index contributed by atoms with van der Waals surface area (Å²) >= 11 is 0. The number of imide groups is 1. The van der Waals surface area contributed by atoms with Crippen molar-refractivity contribution in [2.45, 2.75) is 19.4 Å². The van der Waals surface area contributed by atoms with E-state index in [0.29, 0.717) is 23.3 Å². The molecule has 1 aromatic rings. The van der Waals surface area contributed by atoms with Crippen molar-refractivity contribution in [3.63, 3.8) is 0 Å². The van der Waals surface area contributed by atoms with Crippen molar-refractivity contribution in [2.75, 3.05) is 12.4 Å². The molecule has 0 aromatic heterocycles. The van der Waals surface area contributed by atoms with Crippen molar-refractivity contribution in [2.24, 2.45) is 35.5 Å². The number of methoxy groups -OCH3 is 1. The lowest BCUT2D eigenvalue weighted by Gasteiger charge is -2.37.